The number of rotatable bonds is 2. The van der Waals surface area contributed by atoms with Gasteiger partial charge < -0.3 is 0 Å². The topological polar surface area (TPSA) is 52.7 Å². The molecule has 0 unspecified atom stereocenters. The highest BCUT2D eigenvalue weighted by molar-refractivity contribution is 6.41. The minimum Gasteiger partial charge on any atom is -0.266 e. The zero-order valence-corrected chi connectivity index (χ0v) is 11.9. The quantitative estimate of drug-likeness (QED) is 0.855. The Balaban J connectivity index is 2.47. The first kappa shape index (κ1) is 13.4. The second-order valence-corrected chi connectivity index (χ2v) is 4.89. The van der Waals surface area contributed by atoms with Crippen molar-refractivity contribution in [3.05, 3.63) is 43.0 Å². The normalized spacial score (nSPS) is 10.9. The minimum atomic E-state index is -0.455. The third-order valence-electron chi connectivity index (χ3n) is 2.52. The van der Waals surface area contributed by atoms with Crippen LogP contribution in [0.4, 0.5) is 0 Å². The first-order valence-electron chi connectivity index (χ1n) is 5.01. The van der Waals surface area contributed by atoms with Crippen molar-refractivity contribution in [1.29, 1.82) is 0 Å². The Bertz CT molecular complexity index is 662. The summed E-state index contributed by atoms with van der Waals surface area (Å²) < 4.78 is 2.74. The van der Waals surface area contributed by atoms with Crippen LogP contribution in [-0.4, -0.2) is 19.6 Å². The Kier molecular flexibility index (Phi) is 3.66. The van der Waals surface area contributed by atoms with Gasteiger partial charge in [0, 0.05) is 12.6 Å². The molecule has 96 valence electrons. The van der Waals surface area contributed by atoms with E-state index in [1.165, 1.54) is 15.6 Å². The van der Waals surface area contributed by atoms with Gasteiger partial charge in [-0.05, 0) is 6.92 Å². The van der Waals surface area contributed by atoms with Crippen molar-refractivity contribution in [2.24, 2.45) is 7.05 Å². The average Bonchev–Trinajstić information content (AvgIpc) is 2.56. The summed E-state index contributed by atoms with van der Waals surface area (Å²) in [5, 5.41) is 8.62. The van der Waals surface area contributed by atoms with E-state index >= 15 is 0 Å². The van der Waals surface area contributed by atoms with Gasteiger partial charge in [0.2, 0.25) is 0 Å². The van der Waals surface area contributed by atoms with Crippen LogP contribution in [0.3, 0.4) is 0 Å². The lowest BCUT2D eigenvalue weighted by molar-refractivity contribution is 0.637. The average molecular weight is 308 g/mol. The zero-order valence-electron chi connectivity index (χ0n) is 9.62. The molecular weight excluding hydrogens is 298 g/mol. The van der Waals surface area contributed by atoms with Gasteiger partial charge in [0.25, 0.3) is 5.56 Å². The molecular formula is C10H9Cl3N4O. The predicted molar refractivity (Wildman–Crippen MR) is 70.6 cm³/mol. The third-order valence-corrected chi connectivity index (χ3v) is 3.74. The Morgan fingerprint density at radius 3 is 2.56 bits per heavy atom. The molecule has 2 heterocycles. The summed E-state index contributed by atoms with van der Waals surface area (Å²) in [5.41, 5.74) is 1.01. The van der Waals surface area contributed by atoms with Crippen molar-refractivity contribution in [1.82, 2.24) is 19.6 Å². The van der Waals surface area contributed by atoms with E-state index in [2.05, 4.69) is 10.2 Å². The van der Waals surface area contributed by atoms with Crippen molar-refractivity contribution in [3.63, 3.8) is 0 Å². The second-order valence-electron chi connectivity index (χ2n) is 3.75. The molecule has 5 nitrogen and oxygen atoms in total. The molecule has 0 aliphatic heterocycles. The van der Waals surface area contributed by atoms with E-state index in [4.69, 9.17) is 34.8 Å². The van der Waals surface area contributed by atoms with Crippen molar-refractivity contribution in [2.75, 3.05) is 0 Å². The molecule has 0 atom stereocenters. The largest absolute Gasteiger partial charge is 0.287 e. The van der Waals surface area contributed by atoms with Crippen LogP contribution in [0.5, 0.6) is 0 Å². The van der Waals surface area contributed by atoms with Crippen LogP contribution >= 0.6 is 34.8 Å². The summed E-state index contributed by atoms with van der Waals surface area (Å²) in [6.07, 6.45) is 1.32. The molecule has 2 aromatic heterocycles. The van der Waals surface area contributed by atoms with E-state index in [0.717, 1.165) is 11.3 Å². The van der Waals surface area contributed by atoms with Crippen molar-refractivity contribution < 1.29 is 0 Å². The first-order valence-corrected chi connectivity index (χ1v) is 6.14. The lowest BCUT2D eigenvalue weighted by Crippen LogP contribution is -2.24. The summed E-state index contributed by atoms with van der Waals surface area (Å²) in [4.78, 5) is 11.8. The number of hydrogen-bond acceptors (Lipinski definition) is 3. The molecule has 0 aliphatic carbocycles. The molecule has 2 rings (SSSR count). The summed E-state index contributed by atoms with van der Waals surface area (Å²) in [6, 6.07) is 0. The van der Waals surface area contributed by atoms with Gasteiger partial charge in [0.15, 0.2) is 0 Å². The maximum atomic E-state index is 11.8. The van der Waals surface area contributed by atoms with E-state index in [-0.39, 0.29) is 16.6 Å². The monoisotopic (exact) mass is 306 g/mol. The maximum absolute atomic E-state index is 11.8. The van der Waals surface area contributed by atoms with Gasteiger partial charge in [-0.2, -0.15) is 10.2 Å². The summed E-state index contributed by atoms with van der Waals surface area (Å²) >= 11 is 17.6. The molecule has 0 bridgehead atoms. The van der Waals surface area contributed by atoms with Gasteiger partial charge in [-0.1, -0.05) is 34.8 Å². The molecule has 0 saturated heterocycles. The van der Waals surface area contributed by atoms with E-state index < -0.39 is 5.56 Å². The van der Waals surface area contributed by atoms with Crippen molar-refractivity contribution in [2.45, 2.75) is 13.5 Å². The second kappa shape index (κ2) is 4.91. The van der Waals surface area contributed by atoms with Gasteiger partial charge in [0.1, 0.15) is 10.2 Å². The number of nitrogens with zero attached hydrogens (tertiary/aromatic N) is 4. The van der Waals surface area contributed by atoms with Gasteiger partial charge in [-0.25, -0.2) is 4.68 Å². The molecule has 0 radical (unpaired) electrons. The first-order chi connectivity index (χ1) is 8.41. The lowest BCUT2D eigenvalue weighted by Gasteiger charge is -2.05. The molecule has 0 spiro atoms. The fraction of sp³-hybridized carbons (Fsp3) is 0.300. The predicted octanol–water partition coefficient (Wildman–Crippen LogP) is 2.29. The Morgan fingerprint density at radius 1 is 1.33 bits per heavy atom. The maximum Gasteiger partial charge on any atom is 0.287 e. The van der Waals surface area contributed by atoms with Gasteiger partial charge in [-0.15, -0.1) is 0 Å². The zero-order chi connectivity index (χ0) is 13.4. The Hall–Kier alpha value is -1.04. The summed E-state index contributed by atoms with van der Waals surface area (Å²) in [7, 11) is 1.73. The Morgan fingerprint density at radius 2 is 2.00 bits per heavy atom. The smallest absolute Gasteiger partial charge is 0.266 e. The van der Waals surface area contributed by atoms with E-state index in [0.29, 0.717) is 5.15 Å². The van der Waals surface area contributed by atoms with E-state index in [9.17, 15) is 4.79 Å². The van der Waals surface area contributed by atoms with Crippen molar-refractivity contribution in [3.8, 4) is 0 Å². The molecule has 0 fully saturated rings. The van der Waals surface area contributed by atoms with Gasteiger partial charge >= 0.3 is 0 Å². The fourth-order valence-electron chi connectivity index (χ4n) is 1.56. The standard InChI is InChI=1S/C10H9Cl3N4O/c1-5-6(9(13)16(2)15-5)4-17-10(18)8(12)7(11)3-14-17/h3H,4H2,1-2H3. The van der Waals surface area contributed by atoms with Gasteiger partial charge in [-0.3, -0.25) is 9.48 Å². The SMILES string of the molecule is Cc1nn(C)c(Cl)c1Cn1ncc(Cl)c(Cl)c1=O. The molecule has 2 aromatic rings. The van der Waals surface area contributed by atoms with Crippen LogP contribution in [0.15, 0.2) is 11.0 Å². The molecule has 0 aromatic carbocycles. The van der Waals surface area contributed by atoms with Crippen LogP contribution < -0.4 is 5.56 Å². The fourth-order valence-corrected chi connectivity index (χ4v) is 2.07. The number of aryl methyl sites for hydroxylation is 2. The molecule has 0 amide bonds. The van der Waals surface area contributed by atoms with E-state index in [1.807, 2.05) is 6.92 Å². The highest BCUT2D eigenvalue weighted by atomic mass is 35.5. The van der Waals surface area contributed by atoms with Crippen LogP contribution in [-0.2, 0) is 13.6 Å². The van der Waals surface area contributed by atoms with Crippen LogP contribution in [0.1, 0.15) is 11.3 Å². The highest BCUT2D eigenvalue weighted by Gasteiger charge is 2.14. The molecule has 8 heteroatoms. The highest BCUT2D eigenvalue weighted by Crippen LogP contribution is 2.20. The lowest BCUT2D eigenvalue weighted by atomic mass is 10.2. The molecule has 0 aliphatic rings. The minimum absolute atomic E-state index is 0.0515. The number of hydrogen-bond donors (Lipinski definition) is 0. The van der Waals surface area contributed by atoms with Crippen LogP contribution in [0.2, 0.25) is 15.2 Å². The van der Waals surface area contributed by atoms with Crippen LogP contribution in [0, 0.1) is 6.92 Å². The molecule has 18 heavy (non-hydrogen) atoms. The number of halogens is 3. The Labute approximate surface area is 118 Å². The van der Waals surface area contributed by atoms with Crippen LogP contribution in [0.25, 0.3) is 0 Å². The summed E-state index contributed by atoms with van der Waals surface area (Å²) in [6.45, 7) is 2.01. The number of aromatic nitrogens is 4. The summed E-state index contributed by atoms with van der Waals surface area (Å²) in [5.74, 6) is 0. The van der Waals surface area contributed by atoms with Crippen molar-refractivity contribution >= 4 is 34.8 Å². The molecule has 0 saturated carbocycles. The van der Waals surface area contributed by atoms with Gasteiger partial charge in [0.05, 0.1) is 23.5 Å². The third kappa shape index (κ3) is 2.25. The van der Waals surface area contributed by atoms with E-state index in [1.54, 1.807) is 7.05 Å². The molecule has 0 N–H and O–H groups in total.